The van der Waals surface area contributed by atoms with E-state index in [0.29, 0.717) is 18.7 Å². The Morgan fingerprint density at radius 2 is 1.89 bits per heavy atom. The molecule has 134 valence electrons. The molecular weight excluding hydrogens is 344 g/mol. The molecule has 8 nitrogen and oxygen atoms in total. The number of non-ortho nitro benzene ring substituents is 1. The number of nitrogens with two attached hydrogens (primary N) is 1. The Labute approximate surface area is 156 Å². The van der Waals surface area contributed by atoms with Crippen molar-refractivity contribution in [3.05, 3.63) is 62.9 Å². The van der Waals surface area contributed by atoms with Crippen LogP contribution in [0.4, 0.5) is 5.69 Å². The lowest BCUT2D eigenvalue weighted by molar-refractivity contribution is -0.384. The zero-order valence-electron chi connectivity index (χ0n) is 14.6. The first-order chi connectivity index (χ1) is 12.9. The van der Waals surface area contributed by atoms with Gasteiger partial charge in [0.15, 0.2) is 5.41 Å². The number of allylic oxidation sites excluding steroid dienone is 2. The van der Waals surface area contributed by atoms with Gasteiger partial charge in [0.25, 0.3) is 5.69 Å². The topological polar surface area (TPSA) is 144 Å². The van der Waals surface area contributed by atoms with Gasteiger partial charge in [-0.2, -0.15) is 15.8 Å². The number of likely N-dealkylation sites (N-methyl/N-ethyl adjacent to an activating group) is 1. The second kappa shape index (κ2) is 6.57. The first-order valence-electron chi connectivity index (χ1n) is 8.25. The summed E-state index contributed by atoms with van der Waals surface area (Å²) in [6, 6.07) is 12.0. The molecule has 1 aromatic rings. The summed E-state index contributed by atoms with van der Waals surface area (Å²) in [7, 11) is 1.91. The molecule has 0 saturated heterocycles. The quantitative estimate of drug-likeness (QED) is 0.627. The van der Waals surface area contributed by atoms with Gasteiger partial charge < -0.3 is 10.6 Å². The van der Waals surface area contributed by atoms with Crippen molar-refractivity contribution in [1.82, 2.24) is 4.90 Å². The zero-order valence-corrected chi connectivity index (χ0v) is 14.6. The zero-order chi connectivity index (χ0) is 19.8. The smallest absolute Gasteiger partial charge is 0.269 e. The van der Waals surface area contributed by atoms with Crippen molar-refractivity contribution >= 4 is 5.69 Å². The SMILES string of the molecule is CN1CC=C2C(C#N)=C(N)C(C#N)(C#N)C(c3ccc([N+](=O)[O-])cc3)C2C1. The van der Waals surface area contributed by atoms with Crippen molar-refractivity contribution in [2.75, 3.05) is 20.1 Å². The highest BCUT2D eigenvalue weighted by Gasteiger charge is 2.54. The number of hydrogen-bond donors (Lipinski definition) is 1. The van der Waals surface area contributed by atoms with Crippen molar-refractivity contribution < 1.29 is 4.92 Å². The Bertz CT molecular complexity index is 973. The molecule has 3 rings (SSSR count). The van der Waals surface area contributed by atoms with E-state index in [4.69, 9.17) is 5.73 Å². The predicted octanol–water partition coefficient (Wildman–Crippen LogP) is 1.95. The van der Waals surface area contributed by atoms with Crippen LogP contribution >= 0.6 is 0 Å². The highest BCUT2D eigenvalue weighted by atomic mass is 16.6. The van der Waals surface area contributed by atoms with Crippen LogP contribution in [-0.4, -0.2) is 30.0 Å². The van der Waals surface area contributed by atoms with Gasteiger partial charge in [0, 0.05) is 37.1 Å². The predicted molar refractivity (Wildman–Crippen MR) is 95.4 cm³/mol. The molecular formula is C19H16N6O2. The third kappa shape index (κ3) is 2.62. The standard InChI is InChI=1S/C19H16N6O2/c1-24-7-6-14-15(8-20)18(23)19(10-21,11-22)17(16(14)9-24)12-2-4-13(5-3-12)25(26)27/h2-6,16-17H,7,9,23H2,1H3. The lowest BCUT2D eigenvalue weighted by Crippen LogP contribution is -2.47. The van der Waals surface area contributed by atoms with Crippen molar-refractivity contribution in [3.63, 3.8) is 0 Å². The molecule has 1 aliphatic heterocycles. The molecule has 0 amide bonds. The van der Waals surface area contributed by atoms with E-state index in [0.717, 1.165) is 5.57 Å². The molecule has 0 fully saturated rings. The fourth-order valence-corrected chi connectivity index (χ4v) is 4.00. The minimum atomic E-state index is -1.72. The first-order valence-corrected chi connectivity index (χ1v) is 8.25. The van der Waals surface area contributed by atoms with Gasteiger partial charge in [-0.3, -0.25) is 10.1 Å². The van der Waals surface area contributed by atoms with Gasteiger partial charge in [-0.15, -0.1) is 0 Å². The summed E-state index contributed by atoms with van der Waals surface area (Å²) < 4.78 is 0. The first kappa shape index (κ1) is 18.1. The van der Waals surface area contributed by atoms with E-state index in [1.54, 1.807) is 12.1 Å². The molecule has 2 aliphatic rings. The molecule has 2 atom stereocenters. The van der Waals surface area contributed by atoms with Gasteiger partial charge in [-0.05, 0) is 18.2 Å². The monoisotopic (exact) mass is 360 g/mol. The van der Waals surface area contributed by atoms with Crippen LogP contribution in [0, 0.1) is 55.4 Å². The number of nitro benzene ring substituents is 1. The maximum atomic E-state index is 11.0. The molecule has 0 spiro atoms. The number of benzene rings is 1. The number of fused-ring (bicyclic) bond motifs is 1. The second-order valence-electron chi connectivity index (χ2n) is 6.75. The van der Waals surface area contributed by atoms with Crippen LogP contribution in [-0.2, 0) is 0 Å². The van der Waals surface area contributed by atoms with Crippen LogP contribution in [0.25, 0.3) is 0 Å². The van der Waals surface area contributed by atoms with Gasteiger partial charge in [0.1, 0.15) is 6.07 Å². The Morgan fingerprint density at radius 3 is 2.41 bits per heavy atom. The fraction of sp³-hybridized carbons (Fsp3) is 0.316. The number of rotatable bonds is 2. The Kier molecular flexibility index (Phi) is 4.41. The third-order valence-electron chi connectivity index (χ3n) is 5.31. The number of hydrogen-bond acceptors (Lipinski definition) is 7. The summed E-state index contributed by atoms with van der Waals surface area (Å²) in [6.07, 6.45) is 1.90. The Balaban J connectivity index is 2.28. The Morgan fingerprint density at radius 1 is 1.26 bits per heavy atom. The molecule has 1 aliphatic carbocycles. The van der Waals surface area contributed by atoms with Gasteiger partial charge in [0.05, 0.1) is 28.3 Å². The van der Waals surface area contributed by atoms with E-state index < -0.39 is 16.3 Å². The summed E-state index contributed by atoms with van der Waals surface area (Å²) in [5.41, 5.74) is 5.87. The minimum Gasteiger partial charge on any atom is -0.399 e. The summed E-state index contributed by atoms with van der Waals surface area (Å²) >= 11 is 0. The van der Waals surface area contributed by atoms with E-state index in [-0.39, 0.29) is 22.9 Å². The summed E-state index contributed by atoms with van der Waals surface area (Å²) in [5.74, 6) is -0.939. The van der Waals surface area contributed by atoms with Gasteiger partial charge in [0.2, 0.25) is 0 Å². The average molecular weight is 360 g/mol. The largest absolute Gasteiger partial charge is 0.399 e. The van der Waals surface area contributed by atoms with E-state index >= 15 is 0 Å². The van der Waals surface area contributed by atoms with Crippen molar-refractivity contribution in [3.8, 4) is 18.2 Å². The van der Waals surface area contributed by atoms with Crippen LogP contribution in [0.1, 0.15) is 11.5 Å². The van der Waals surface area contributed by atoms with Crippen LogP contribution in [0.5, 0.6) is 0 Å². The maximum absolute atomic E-state index is 11.0. The van der Waals surface area contributed by atoms with Crippen LogP contribution in [0.3, 0.4) is 0 Å². The second-order valence-corrected chi connectivity index (χ2v) is 6.75. The molecule has 2 unspecified atom stereocenters. The lowest BCUT2D eigenvalue weighted by atomic mass is 9.58. The van der Waals surface area contributed by atoms with Gasteiger partial charge in [-0.1, -0.05) is 18.2 Å². The highest BCUT2D eigenvalue weighted by molar-refractivity contribution is 5.59. The normalized spacial score (nSPS) is 24.0. The molecule has 1 heterocycles. The summed E-state index contributed by atoms with van der Waals surface area (Å²) in [4.78, 5) is 12.5. The number of nitrogens with zero attached hydrogens (tertiary/aromatic N) is 5. The molecule has 8 heteroatoms. The van der Waals surface area contributed by atoms with E-state index in [1.807, 2.05) is 30.2 Å². The van der Waals surface area contributed by atoms with Crippen LogP contribution in [0.15, 0.2) is 47.2 Å². The van der Waals surface area contributed by atoms with Gasteiger partial charge in [-0.25, -0.2) is 0 Å². The Hall–Kier alpha value is -3.67. The fourth-order valence-electron chi connectivity index (χ4n) is 4.00. The molecule has 0 bridgehead atoms. The molecule has 2 N–H and O–H groups in total. The highest BCUT2D eigenvalue weighted by Crippen LogP contribution is 2.54. The average Bonchev–Trinajstić information content (AvgIpc) is 2.67. The minimum absolute atomic E-state index is 0.0506. The van der Waals surface area contributed by atoms with E-state index in [1.165, 1.54) is 12.1 Å². The van der Waals surface area contributed by atoms with Crippen LogP contribution < -0.4 is 5.73 Å². The van der Waals surface area contributed by atoms with Crippen molar-refractivity contribution in [2.45, 2.75) is 5.92 Å². The molecule has 1 aromatic carbocycles. The molecule has 0 aromatic heterocycles. The van der Waals surface area contributed by atoms with Crippen molar-refractivity contribution in [2.24, 2.45) is 17.1 Å². The number of nitriles is 3. The van der Waals surface area contributed by atoms with Crippen molar-refractivity contribution in [1.29, 1.82) is 15.8 Å². The third-order valence-corrected chi connectivity index (χ3v) is 5.31. The van der Waals surface area contributed by atoms with E-state index in [9.17, 15) is 25.9 Å². The number of nitro groups is 1. The van der Waals surface area contributed by atoms with E-state index in [2.05, 4.69) is 6.07 Å². The van der Waals surface area contributed by atoms with Gasteiger partial charge >= 0.3 is 0 Å². The lowest BCUT2D eigenvalue weighted by Gasteiger charge is -2.45. The summed E-state index contributed by atoms with van der Waals surface area (Å²) in [5, 5.41) is 40.4. The summed E-state index contributed by atoms with van der Waals surface area (Å²) in [6.45, 7) is 1.17. The molecule has 27 heavy (non-hydrogen) atoms. The maximum Gasteiger partial charge on any atom is 0.269 e. The molecule has 0 saturated carbocycles. The molecule has 0 radical (unpaired) electrons. The van der Waals surface area contributed by atoms with Crippen LogP contribution in [0.2, 0.25) is 0 Å².